The number of thiazole rings is 4. The Kier molecular flexibility index (Phi) is 19.6. The molecule has 7 aromatic heterocycles. The lowest BCUT2D eigenvalue weighted by atomic mass is 10.1. The second kappa shape index (κ2) is 26.4. The van der Waals surface area contributed by atoms with Crippen LogP contribution in [0.15, 0.2) is 118 Å². The number of nitrogens with zero attached hydrogens (tertiary/aromatic N) is 6. The molecular weight excluding hydrogens is 1120 g/mol. The summed E-state index contributed by atoms with van der Waals surface area (Å²) < 4.78 is 13.7. The fraction of sp³-hybridized carbons (Fsp3) is 0.137. The maximum Gasteiger partial charge on any atom is 0.357 e. The van der Waals surface area contributed by atoms with E-state index < -0.39 is 24.0 Å². The predicted molar refractivity (Wildman–Crippen MR) is 305 cm³/mol. The van der Waals surface area contributed by atoms with Crippen LogP contribution in [0.25, 0.3) is 43.4 Å². The van der Waals surface area contributed by atoms with E-state index in [2.05, 4.69) is 62.0 Å². The minimum Gasteiger partial charge on any atom is -0.468 e. The van der Waals surface area contributed by atoms with Crippen molar-refractivity contribution >= 4 is 155 Å². The summed E-state index contributed by atoms with van der Waals surface area (Å²) in [6.45, 7) is 0. The molecule has 0 saturated heterocycles. The number of ketones is 3. The molecule has 0 bridgehead atoms. The van der Waals surface area contributed by atoms with Crippen molar-refractivity contribution in [1.82, 2.24) is 34.9 Å². The number of thioether (sulfide) groups is 1. The average molecular weight is 1170 g/mol. The first-order chi connectivity index (χ1) is 36.8. The number of nitrogens with two attached hydrogens (primary N) is 1. The van der Waals surface area contributed by atoms with Crippen LogP contribution in [0, 0.1) is 11.3 Å². The van der Waals surface area contributed by atoms with Gasteiger partial charge in [-0.1, -0.05) is 54.6 Å². The number of ether oxygens (including phenoxy) is 3. The molecule has 10 aromatic rings. The number of thiol groups is 1. The zero-order chi connectivity index (χ0) is 53.9. The minimum absolute atomic E-state index is 0. The first-order valence-corrected chi connectivity index (χ1v) is 27.4. The smallest absolute Gasteiger partial charge is 0.357 e. The van der Waals surface area contributed by atoms with Gasteiger partial charge in [-0.05, 0) is 18.2 Å². The average Bonchev–Trinajstić information content (AvgIpc) is 4.35. The number of nitrogens with one attached hydrogen (secondary N) is 3. The predicted octanol–water partition coefficient (Wildman–Crippen LogP) is 9.22. The van der Waals surface area contributed by atoms with Gasteiger partial charge in [0.2, 0.25) is 17.3 Å². The summed E-state index contributed by atoms with van der Waals surface area (Å²) in [7, 11) is 3.95. The zero-order valence-electron chi connectivity index (χ0n) is 40.4. The third-order valence-corrected chi connectivity index (χ3v) is 15.7. The molecule has 2 atom stereocenters. The van der Waals surface area contributed by atoms with Gasteiger partial charge in [0, 0.05) is 84.3 Å². The number of para-hydroxylation sites is 3. The molecule has 8 heterocycles. The number of hydrogen-bond acceptors (Lipinski definition) is 22. The van der Waals surface area contributed by atoms with Crippen LogP contribution < -0.4 is 5.73 Å². The first-order valence-electron chi connectivity index (χ1n) is 22.2. The third-order valence-electron chi connectivity index (χ3n) is 10.9. The quantitative estimate of drug-likeness (QED) is 0.0330. The number of nitriles is 1. The number of aromatic nitrogens is 7. The summed E-state index contributed by atoms with van der Waals surface area (Å²) >= 11 is 10.2. The number of hydrogen-bond donors (Lipinski definition) is 5. The molecule has 77 heavy (non-hydrogen) atoms. The Morgan fingerprint density at radius 1 is 0.662 bits per heavy atom. The summed E-state index contributed by atoms with van der Waals surface area (Å²) in [6.07, 6.45) is 5.09. The normalized spacial score (nSPS) is 12.8. The molecule has 0 amide bonds. The van der Waals surface area contributed by atoms with E-state index in [0.717, 1.165) is 32.7 Å². The van der Waals surface area contributed by atoms with E-state index in [-0.39, 0.29) is 47.1 Å². The molecule has 392 valence electrons. The number of esters is 3. The van der Waals surface area contributed by atoms with Gasteiger partial charge >= 0.3 is 17.9 Å². The molecule has 0 aliphatic carbocycles. The van der Waals surface area contributed by atoms with Crippen LogP contribution in [-0.4, -0.2) is 120 Å². The Hall–Kier alpha value is -7.67. The van der Waals surface area contributed by atoms with E-state index in [9.17, 15) is 28.8 Å². The summed E-state index contributed by atoms with van der Waals surface area (Å²) in [5, 5.41) is 20.5. The van der Waals surface area contributed by atoms with E-state index in [1.165, 1.54) is 78.4 Å². The molecular formula is C51H41ClN10O9S6. The van der Waals surface area contributed by atoms with Crippen LogP contribution in [0.2, 0.25) is 0 Å². The highest BCUT2D eigenvalue weighted by atomic mass is 35.5. The van der Waals surface area contributed by atoms with Gasteiger partial charge in [0.05, 0.1) is 38.0 Å². The standard InChI is InChI=1S/C17H13N3O3S2.C17H11N3O3S2.C13H7N3OS.C4H9NO2S.ClH/c2*1-23-17(22)13-8-24-15(20-13)12-7-25-16(19-12)14(21)10-6-18-11-5-3-2-4-9(10)11;14-5-8-7-18-13(16-8)12(17)10-6-15-11-4-2-1-3-9(10)11;1-7-4(6)3(5)2-8;/h2-7,13,18H,8H2,1H3;2-8,18H,1H3;1-4,6-7,15H;3,8H,2,5H2,1H3;1H. The van der Waals surface area contributed by atoms with Crippen molar-refractivity contribution < 1.29 is 43.0 Å². The van der Waals surface area contributed by atoms with E-state index in [0.29, 0.717) is 64.7 Å². The van der Waals surface area contributed by atoms with Gasteiger partial charge in [0.25, 0.3) is 0 Å². The molecule has 0 fully saturated rings. The van der Waals surface area contributed by atoms with Crippen molar-refractivity contribution in [3.05, 3.63) is 162 Å². The number of H-pyrrole nitrogens is 3. The number of halogens is 1. The minimum atomic E-state index is -0.580. The number of carbonyl (C=O) groups is 6. The molecule has 0 spiro atoms. The highest BCUT2D eigenvalue weighted by Gasteiger charge is 2.29. The molecule has 26 heteroatoms. The van der Waals surface area contributed by atoms with Gasteiger partial charge in [-0.25, -0.2) is 29.5 Å². The van der Waals surface area contributed by atoms with E-state index in [1.807, 2.05) is 78.9 Å². The van der Waals surface area contributed by atoms with Crippen molar-refractivity contribution in [3.8, 4) is 16.8 Å². The van der Waals surface area contributed by atoms with Crippen LogP contribution in [0.5, 0.6) is 0 Å². The molecule has 1 aliphatic rings. The molecule has 11 rings (SSSR count). The Morgan fingerprint density at radius 3 is 1.60 bits per heavy atom. The van der Waals surface area contributed by atoms with Crippen molar-refractivity contribution in [2.24, 2.45) is 10.7 Å². The number of fused-ring (bicyclic) bond motifs is 3. The van der Waals surface area contributed by atoms with Crippen LogP contribution >= 0.6 is 82.1 Å². The second-order valence-electron chi connectivity index (χ2n) is 15.6. The lowest BCUT2D eigenvalue weighted by Crippen LogP contribution is -2.32. The zero-order valence-corrected chi connectivity index (χ0v) is 46.2. The van der Waals surface area contributed by atoms with Gasteiger partial charge in [0.15, 0.2) is 32.5 Å². The van der Waals surface area contributed by atoms with Crippen molar-refractivity contribution in [2.45, 2.75) is 12.1 Å². The third kappa shape index (κ3) is 13.1. The number of rotatable bonds is 12. The summed E-state index contributed by atoms with van der Waals surface area (Å²) in [5.74, 6) is -0.822. The molecule has 19 nitrogen and oxygen atoms in total. The molecule has 3 aromatic carbocycles. The van der Waals surface area contributed by atoms with Gasteiger partial charge in [-0.15, -0.1) is 69.5 Å². The summed E-state index contributed by atoms with van der Waals surface area (Å²) in [5.41, 5.74) is 11.4. The fourth-order valence-corrected chi connectivity index (χ4v) is 11.3. The highest BCUT2D eigenvalue weighted by Crippen LogP contribution is 2.30. The van der Waals surface area contributed by atoms with E-state index in [1.54, 1.807) is 40.1 Å². The van der Waals surface area contributed by atoms with Crippen LogP contribution in [0.4, 0.5) is 0 Å². The number of carbonyl (C=O) groups excluding carboxylic acids is 6. The van der Waals surface area contributed by atoms with E-state index in [4.69, 9.17) is 15.7 Å². The number of aromatic amines is 3. The van der Waals surface area contributed by atoms with Gasteiger partial charge in [-0.3, -0.25) is 24.2 Å². The first kappa shape index (κ1) is 57.0. The van der Waals surface area contributed by atoms with Gasteiger partial charge in [-0.2, -0.15) is 17.9 Å². The number of methoxy groups -OCH3 is 3. The largest absolute Gasteiger partial charge is 0.468 e. The number of benzene rings is 3. The van der Waals surface area contributed by atoms with E-state index >= 15 is 0 Å². The molecule has 0 saturated carbocycles. The summed E-state index contributed by atoms with van der Waals surface area (Å²) in [6, 6.07) is 23.7. The van der Waals surface area contributed by atoms with Gasteiger partial charge < -0.3 is 34.9 Å². The Morgan fingerprint density at radius 2 is 1.14 bits per heavy atom. The molecule has 2 unspecified atom stereocenters. The molecule has 5 N–H and O–H groups in total. The molecule has 1 aliphatic heterocycles. The maximum atomic E-state index is 12.8. The van der Waals surface area contributed by atoms with Crippen molar-refractivity contribution in [1.29, 1.82) is 5.26 Å². The maximum absolute atomic E-state index is 12.8. The van der Waals surface area contributed by atoms with Crippen LogP contribution in [0.3, 0.4) is 0 Å². The number of aliphatic imine (C=N–C) groups is 1. The monoisotopic (exact) mass is 1160 g/mol. The van der Waals surface area contributed by atoms with Crippen LogP contribution in [0.1, 0.15) is 68.0 Å². The highest BCUT2D eigenvalue weighted by molar-refractivity contribution is 8.14. The second-order valence-corrected chi connectivity index (χ2v) is 20.4. The molecule has 0 radical (unpaired) electrons. The summed E-state index contributed by atoms with van der Waals surface area (Å²) in [4.78, 5) is 102. The lowest BCUT2D eigenvalue weighted by Gasteiger charge is -2.02. The SMILES string of the molecule is COC(=O)C(N)CS.COC(=O)C1CSC(c2csc(C(=O)c3c[nH]c4ccccc34)n2)=N1.COC(=O)c1csc(-c2csc(C(=O)c3c[nH]c4ccccc34)n2)n1.Cl.N#Cc1csc(C(=O)c2c[nH]c3ccccc23)n1. The van der Waals surface area contributed by atoms with Crippen LogP contribution in [-0.2, 0) is 23.8 Å². The van der Waals surface area contributed by atoms with Gasteiger partial charge in [0.1, 0.15) is 33.6 Å². The topological polar surface area (TPSA) is 291 Å². The Balaban J connectivity index is 0.000000157. The lowest BCUT2D eigenvalue weighted by molar-refractivity contribution is -0.142. The van der Waals surface area contributed by atoms with Crippen molar-refractivity contribution in [2.75, 3.05) is 32.8 Å². The Bertz CT molecular complexity index is 3850. The Labute approximate surface area is 469 Å². The fourth-order valence-electron chi connectivity index (χ4n) is 7.09. The van der Waals surface area contributed by atoms with Crippen molar-refractivity contribution in [3.63, 3.8) is 0 Å².